The number of likely N-dealkylation sites (tertiary alicyclic amines) is 1. The summed E-state index contributed by atoms with van der Waals surface area (Å²) >= 11 is 1.65. The molecule has 0 aromatic carbocycles. The SMILES string of the molecule is CSCC[C@H](O)C(=O)N1CCC[C@H](Nc2ccc(N(C)C)nc2)CC1. The van der Waals surface area contributed by atoms with Gasteiger partial charge >= 0.3 is 0 Å². The number of carbonyl (C=O) groups is 1. The molecular weight excluding hydrogens is 336 g/mol. The highest BCUT2D eigenvalue weighted by Crippen LogP contribution is 2.19. The van der Waals surface area contributed by atoms with Crippen LogP contribution in [0.5, 0.6) is 0 Å². The van der Waals surface area contributed by atoms with Gasteiger partial charge in [0.25, 0.3) is 5.91 Å². The minimum atomic E-state index is -0.861. The summed E-state index contributed by atoms with van der Waals surface area (Å²) in [6.45, 7) is 1.42. The Morgan fingerprint density at radius 2 is 2.24 bits per heavy atom. The number of hydrogen-bond donors (Lipinski definition) is 2. The third kappa shape index (κ3) is 6.08. The molecule has 1 aromatic rings. The Kier molecular flexibility index (Phi) is 7.84. The third-order valence-electron chi connectivity index (χ3n) is 4.50. The highest BCUT2D eigenvalue weighted by Gasteiger charge is 2.25. The first-order chi connectivity index (χ1) is 12.0. The number of nitrogens with zero attached hydrogens (tertiary/aromatic N) is 3. The lowest BCUT2D eigenvalue weighted by atomic mass is 10.1. The molecule has 1 aliphatic heterocycles. The summed E-state index contributed by atoms with van der Waals surface area (Å²) in [4.78, 5) is 20.6. The molecule has 0 aliphatic carbocycles. The Morgan fingerprint density at radius 3 is 2.88 bits per heavy atom. The monoisotopic (exact) mass is 366 g/mol. The molecule has 25 heavy (non-hydrogen) atoms. The standard InChI is InChI=1S/C18H30N4O2S/c1-21(2)17-7-6-15(13-19-17)20-14-5-4-10-22(11-8-14)18(24)16(23)9-12-25-3/h6-7,13-14,16,20,23H,4-5,8-12H2,1-3H3/t14-,16-/m0/s1. The van der Waals surface area contributed by atoms with E-state index in [1.165, 1.54) is 0 Å². The summed E-state index contributed by atoms with van der Waals surface area (Å²) < 4.78 is 0. The second-order valence-electron chi connectivity index (χ2n) is 6.69. The predicted octanol–water partition coefficient (Wildman–Crippen LogP) is 2.05. The topological polar surface area (TPSA) is 68.7 Å². The number of nitrogens with one attached hydrogen (secondary N) is 1. The predicted molar refractivity (Wildman–Crippen MR) is 105 cm³/mol. The van der Waals surface area contributed by atoms with Crippen LogP contribution >= 0.6 is 11.8 Å². The average Bonchev–Trinajstić information content (AvgIpc) is 2.85. The van der Waals surface area contributed by atoms with Gasteiger partial charge in [0, 0.05) is 33.2 Å². The van der Waals surface area contributed by atoms with E-state index < -0.39 is 6.10 Å². The van der Waals surface area contributed by atoms with E-state index in [0.29, 0.717) is 19.0 Å². The lowest BCUT2D eigenvalue weighted by Crippen LogP contribution is -2.40. The van der Waals surface area contributed by atoms with Crippen LogP contribution in [0, 0.1) is 0 Å². The number of carbonyl (C=O) groups excluding carboxylic acids is 1. The number of hydrogen-bond acceptors (Lipinski definition) is 6. The lowest BCUT2D eigenvalue weighted by Gasteiger charge is -2.23. The van der Waals surface area contributed by atoms with E-state index in [-0.39, 0.29) is 5.91 Å². The van der Waals surface area contributed by atoms with Crippen molar-refractivity contribution in [3.8, 4) is 0 Å². The maximum absolute atomic E-state index is 12.4. The molecule has 7 heteroatoms. The molecule has 1 saturated heterocycles. The maximum atomic E-state index is 12.4. The average molecular weight is 367 g/mol. The van der Waals surface area contributed by atoms with Gasteiger partial charge in [-0.15, -0.1) is 0 Å². The van der Waals surface area contributed by atoms with Crippen molar-refractivity contribution in [1.29, 1.82) is 0 Å². The van der Waals surface area contributed by atoms with Crippen molar-refractivity contribution < 1.29 is 9.90 Å². The minimum absolute atomic E-state index is 0.119. The Bertz CT molecular complexity index is 538. The van der Waals surface area contributed by atoms with Crippen LogP contribution in [-0.4, -0.2) is 72.2 Å². The van der Waals surface area contributed by atoms with Gasteiger partial charge in [0.05, 0.1) is 11.9 Å². The summed E-state index contributed by atoms with van der Waals surface area (Å²) in [5.74, 6) is 1.62. The molecular formula is C18H30N4O2S. The second-order valence-corrected chi connectivity index (χ2v) is 7.68. The maximum Gasteiger partial charge on any atom is 0.251 e. The summed E-state index contributed by atoms with van der Waals surface area (Å²) in [6, 6.07) is 4.37. The number of aliphatic hydroxyl groups is 1. The molecule has 2 atom stereocenters. The van der Waals surface area contributed by atoms with Crippen LogP contribution in [0.25, 0.3) is 0 Å². The smallest absolute Gasteiger partial charge is 0.251 e. The van der Waals surface area contributed by atoms with Gasteiger partial charge in [0.2, 0.25) is 0 Å². The third-order valence-corrected chi connectivity index (χ3v) is 5.14. The van der Waals surface area contributed by atoms with Gasteiger partial charge in [-0.25, -0.2) is 4.98 Å². The van der Waals surface area contributed by atoms with E-state index in [2.05, 4.69) is 10.3 Å². The van der Waals surface area contributed by atoms with E-state index in [9.17, 15) is 9.90 Å². The molecule has 1 fully saturated rings. The molecule has 0 bridgehead atoms. The summed E-state index contributed by atoms with van der Waals surface area (Å²) in [5, 5.41) is 13.6. The molecule has 1 aliphatic rings. The molecule has 0 saturated carbocycles. The van der Waals surface area contributed by atoms with E-state index in [1.54, 1.807) is 11.8 Å². The molecule has 2 heterocycles. The zero-order chi connectivity index (χ0) is 18.2. The van der Waals surface area contributed by atoms with Crippen molar-refractivity contribution in [3.63, 3.8) is 0 Å². The minimum Gasteiger partial charge on any atom is -0.383 e. The number of anilines is 2. The highest BCUT2D eigenvalue weighted by molar-refractivity contribution is 7.98. The number of amides is 1. The van der Waals surface area contributed by atoms with E-state index >= 15 is 0 Å². The normalized spacial score (nSPS) is 19.2. The van der Waals surface area contributed by atoms with E-state index in [1.807, 2.05) is 48.5 Å². The zero-order valence-corrected chi connectivity index (χ0v) is 16.3. The number of aliphatic hydroxyl groups excluding tert-OH is 1. The quantitative estimate of drug-likeness (QED) is 0.770. The first-order valence-corrected chi connectivity index (χ1v) is 10.3. The van der Waals surface area contributed by atoms with Crippen LogP contribution in [0.4, 0.5) is 11.5 Å². The van der Waals surface area contributed by atoms with Crippen molar-refractivity contribution in [3.05, 3.63) is 18.3 Å². The van der Waals surface area contributed by atoms with Gasteiger partial charge in [0.1, 0.15) is 11.9 Å². The lowest BCUT2D eigenvalue weighted by molar-refractivity contribution is -0.140. The van der Waals surface area contributed by atoms with Crippen molar-refractivity contribution in [2.75, 3.05) is 49.4 Å². The fourth-order valence-electron chi connectivity index (χ4n) is 3.00. The fraction of sp³-hybridized carbons (Fsp3) is 0.667. The number of pyridine rings is 1. The molecule has 1 amide bonds. The van der Waals surface area contributed by atoms with Crippen LogP contribution in [0.3, 0.4) is 0 Å². The van der Waals surface area contributed by atoms with Gasteiger partial charge in [-0.2, -0.15) is 11.8 Å². The van der Waals surface area contributed by atoms with Crippen LogP contribution < -0.4 is 10.2 Å². The van der Waals surface area contributed by atoms with Gasteiger partial charge in [0.15, 0.2) is 0 Å². The Hall–Kier alpha value is -1.47. The van der Waals surface area contributed by atoms with Crippen LogP contribution in [0.2, 0.25) is 0 Å². The Labute approximate surface area is 155 Å². The summed E-state index contributed by atoms with van der Waals surface area (Å²) in [6.07, 6.45) is 6.36. The number of thioether (sulfide) groups is 1. The highest BCUT2D eigenvalue weighted by atomic mass is 32.2. The van der Waals surface area contributed by atoms with Crippen LogP contribution in [-0.2, 0) is 4.79 Å². The molecule has 0 spiro atoms. The van der Waals surface area contributed by atoms with Crippen molar-refractivity contribution in [2.45, 2.75) is 37.8 Å². The Balaban J connectivity index is 1.85. The van der Waals surface area contributed by atoms with Gasteiger partial charge in [-0.1, -0.05) is 0 Å². The Morgan fingerprint density at radius 1 is 1.44 bits per heavy atom. The summed E-state index contributed by atoms with van der Waals surface area (Å²) in [5.41, 5.74) is 1.01. The first-order valence-electron chi connectivity index (χ1n) is 8.87. The van der Waals surface area contributed by atoms with Gasteiger partial charge < -0.3 is 20.2 Å². The number of rotatable bonds is 7. The van der Waals surface area contributed by atoms with Gasteiger partial charge in [-0.3, -0.25) is 4.79 Å². The second kappa shape index (κ2) is 9.87. The molecule has 140 valence electrons. The van der Waals surface area contributed by atoms with Crippen molar-refractivity contribution >= 4 is 29.2 Å². The first kappa shape index (κ1) is 19.8. The molecule has 0 unspecified atom stereocenters. The van der Waals surface area contributed by atoms with Crippen LogP contribution in [0.15, 0.2) is 18.3 Å². The molecule has 6 nitrogen and oxygen atoms in total. The van der Waals surface area contributed by atoms with Crippen LogP contribution in [0.1, 0.15) is 25.7 Å². The molecule has 2 N–H and O–H groups in total. The van der Waals surface area contributed by atoms with E-state index in [0.717, 1.165) is 43.1 Å². The largest absolute Gasteiger partial charge is 0.383 e. The molecule has 1 aromatic heterocycles. The van der Waals surface area contributed by atoms with Crippen molar-refractivity contribution in [2.24, 2.45) is 0 Å². The molecule has 2 rings (SSSR count). The van der Waals surface area contributed by atoms with Crippen molar-refractivity contribution in [1.82, 2.24) is 9.88 Å². The fourth-order valence-corrected chi connectivity index (χ4v) is 3.46. The zero-order valence-electron chi connectivity index (χ0n) is 15.4. The van der Waals surface area contributed by atoms with E-state index in [4.69, 9.17) is 0 Å². The van der Waals surface area contributed by atoms with Gasteiger partial charge in [-0.05, 0) is 49.8 Å². The summed E-state index contributed by atoms with van der Waals surface area (Å²) in [7, 11) is 3.94. The molecule has 0 radical (unpaired) electrons. The number of aromatic nitrogens is 1.